The Bertz CT molecular complexity index is 455. The van der Waals surface area contributed by atoms with E-state index in [1.165, 1.54) is 18.2 Å². The molecule has 0 spiro atoms. The third-order valence-corrected chi connectivity index (χ3v) is 1.82. The van der Waals surface area contributed by atoms with E-state index in [0.717, 1.165) is 6.07 Å². The van der Waals surface area contributed by atoms with Gasteiger partial charge in [0.2, 0.25) is 5.91 Å². The molecule has 0 saturated carbocycles. The summed E-state index contributed by atoms with van der Waals surface area (Å²) in [6.45, 7) is 1.69. The number of carbonyl (C=O) groups is 2. The van der Waals surface area contributed by atoms with Crippen LogP contribution >= 0.6 is 0 Å². The first-order valence-electron chi connectivity index (χ1n) is 4.57. The average Bonchev–Trinajstić information content (AvgIpc) is 2.21. The second kappa shape index (κ2) is 5.06. The fraction of sp³-hybridized carbons (Fsp3) is 0.0909. The predicted molar refractivity (Wildman–Crippen MR) is 58.4 cm³/mol. The van der Waals surface area contributed by atoms with Crippen LogP contribution in [0, 0.1) is 5.82 Å². The van der Waals surface area contributed by atoms with Gasteiger partial charge in [-0.05, 0) is 31.2 Å². The second-order valence-electron chi connectivity index (χ2n) is 3.05. The normalized spacial score (nSPS) is 10.4. The van der Waals surface area contributed by atoms with E-state index < -0.39 is 11.7 Å². The Hall–Kier alpha value is -2.17. The molecule has 1 rings (SSSR count). The minimum Gasteiger partial charge on any atom is -0.366 e. The number of hydrogen-bond donors (Lipinski definition) is 2. The fourth-order valence-electron chi connectivity index (χ4n) is 1.13. The van der Waals surface area contributed by atoms with Gasteiger partial charge in [0.1, 0.15) is 5.82 Å². The van der Waals surface area contributed by atoms with Crippen LogP contribution in [0.2, 0.25) is 0 Å². The first-order valence-corrected chi connectivity index (χ1v) is 4.57. The standard InChI is InChI=1S/C11H11FN2O2/c1-2-3-10(15)14-7-4-5-9(12)8(6-7)11(13)16/h2-6H,1H3,(H2,13,16)(H,14,15). The average molecular weight is 222 g/mol. The predicted octanol–water partition coefficient (Wildman–Crippen LogP) is 1.44. The summed E-state index contributed by atoms with van der Waals surface area (Å²) < 4.78 is 13.1. The lowest BCUT2D eigenvalue weighted by molar-refractivity contribution is -0.111. The summed E-state index contributed by atoms with van der Waals surface area (Å²) in [5.41, 5.74) is 5.03. The van der Waals surface area contributed by atoms with Crippen molar-refractivity contribution in [3.63, 3.8) is 0 Å². The molecular weight excluding hydrogens is 211 g/mol. The quantitative estimate of drug-likeness (QED) is 0.759. The molecule has 1 aromatic carbocycles. The lowest BCUT2D eigenvalue weighted by Gasteiger charge is -2.04. The Labute approximate surface area is 91.9 Å². The number of primary amides is 1. The Kier molecular flexibility index (Phi) is 3.77. The van der Waals surface area contributed by atoms with Crippen molar-refractivity contribution in [1.29, 1.82) is 0 Å². The van der Waals surface area contributed by atoms with Crippen molar-refractivity contribution in [2.45, 2.75) is 6.92 Å². The third-order valence-electron chi connectivity index (χ3n) is 1.82. The van der Waals surface area contributed by atoms with E-state index in [2.05, 4.69) is 5.32 Å². The number of nitrogens with one attached hydrogen (secondary N) is 1. The highest BCUT2D eigenvalue weighted by atomic mass is 19.1. The molecular formula is C11H11FN2O2. The van der Waals surface area contributed by atoms with E-state index in [9.17, 15) is 14.0 Å². The van der Waals surface area contributed by atoms with Crippen LogP contribution < -0.4 is 11.1 Å². The highest BCUT2D eigenvalue weighted by molar-refractivity contribution is 6.00. The number of anilines is 1. The summed E-state index contributed by atoms with van der Waals surface area (Å²) in [6, 6.07) is 3.62. The zero-order valence-electron chi connectivity index (χ0n) is 8.66. The van der Waals surface area contributed by atoms with E-state index >= 15 is 0 Å². The van der Waals surface area contributed by atoms with E-state index in [1.54, 1.807) is 13.0 Å². The van der Waals surface area contributed by atoms with Gasteiger partial charge in [0.25, 0.3) is 5.91 Å². The van der Waals surface area contributed by atoms with Crippen molar-refractivity contribution in [2.24, 2.45) is 5.73 Å². The molecule has 0 heterocycles. The van der Waals surface area contributed by atoms with Gasteiger partial charge in [-0.2, -0.15) is 0 Å². The van der Waals surface area contributed by atoms with Crippen molar-refractivity contribution in [3.05, 3.63) is 41.7 Å². The second-order valence-corrected chi connectivity index (χ2v) is 3.05. The van der Waals surface area contributed by atoms with Gasteiger partial charge in [0.15, 0.2) is 0 Å². The van der Waals surface area contributed by atoms with E-state index in [-0.39, 0.29) is 11.5 Å². The first kappa shape index (κ1) is 11.9. The molecule has 0 aromatic heterocycles. The van der Waals surface area contributed by atoms with Gasteiger partial charge in [-0.25, -0.2) is 4.39 Å². The number of carbonyl (C=O) groups excluding carboxylic acids is 2. The zero-order chi connectivity index (χ0) is 12.1. The number of allylic oxidation sites excluding steroid dienone is 1. The highest BCUT2D eigenvalue weighted by Crippen LogP contribution is 2.14. The van der Waals surface area contributed by atoms with Crippen molar-refractivity contribution < 1.29 is 14.0 Å². The molecule has 16 heavy (non-hydrogen) atoms. The summed E-state index contributed by atoms with van der Waals surface area (Å²) in [7, 11) is 0. The molecule has 0 radical (unpaired) electrons. The molecule has 4 nitrogen and oxygen atoms in total. The number of benzene rings is 1. The Morgan fingerprint density at radius 1 is 1.44 bits per heavy atom. The SMILES string of the molecule is CC=CC(=O)Nc1ccc(F)c(C(N)=O)c1. The molecule has 0 saturated heterocycles. The Morgan fingerprint density at radius 2 is 2.12 bits per heavy atom. The van der Waals surface area contributed by atoms with Gasteiger partial charge in [-0.3, -0.25) is 9.59 Å². The van der Waals surface area contributed by atoms with E-state index in [1.807, 2.05) is 0 Å². The van der Waals surface area contributed by atoms with Crippen LogP contribution in [0.4, 0.5) is 10.1 Å². The molecule has 3 N–H and O–H groups in total. The maximum absolute atomic E-state index is 13.1. The van der Waals surface area contributed by atoms with Crippen molar-refractivity contribution in [1.82, 2.24) is 0 Å². The van der Waals surface area contributed by atoms with Crippen molar-refractivity contribution in [2.75, 3.05) is 5.32 Å². The maximum Gasteiger partial charge on any atom is 0.251 e. The number of amides is 2. The summed E-state index contributed by atoms with van der Waals surface area (Å²) in [4.78, 5) is 22.0. The van der Waals surface area contributed by atoms with Crippen LogP contribution in [0.3, 0.4) is 0 Å². The Balaban J connectivity index is 2.95. The lowest BCUT2D eigenvalue weighted by atomic mass is 10.2. The summed E-state index contributed by atoms with van der Waals surface area (Å²) >= 11 is 0. The number of halogens is 1. The van der Waals surface area contributed by atoms with Crippen LogP contribution in [-0.2, 0) is 4.79 Å². The number of nitrogens with two attached hydrogens (primary N) is 1. The molecule has 0 aliphatic carbocycles. The highest BCUT2D eigenvalue weighted by Gasteiger charge is 2.09. The molecule has 0 aliphatic rings. The van der Waals surface area contributed by atoms with Gasteiger partial charge in [-0.15, -0.1) is 0 Å². The number of rotatable bonds is 3. The molecule has 5 heteroatoms. The third kappa shape index (κ3) is 2.91. The number of hydrogen-bond acceptors (Lipinski definition) is 2. The van der Waals surface area contributed by atoms with Crippen LogP contribution in [0.1, 0.15) is 17.3 Å². The monoisotopic (exact) mass is 222 g/mol. The Morgan fingerprint density at radius 3 is 2.69 bits per heavy atom. The van der Waals surface area contributed by atoms with Crippen LogP contribution in [0.25, 0.3) is 0 Å². The van der Waals surface area contributed by atoms with E-state index in [0.29, 0.717) is 5.69 Å². The summed E-state index contributed by atoms with van der Waals surface area (Å²) in [5, 5.41) is 2.47. The van der Waals surface area contributed by atoms with Crippen molar-refractivity contribution in [3.8, 4) is 0 Å². The minimum absolute atomic E-state index is 0.252. The summed E-state index contributed by atoms with van der Waals surface area (Å²) in [5.74, 6) is -1.94. The largest absolute Gasteiger partial charge is 0.366 e. The van der Waals surface area contributed by atoms with Gasteiger partial charge < -0.3 is 11.1 Å². The van der Waals surface area contributed by atoms with Crippen LogP contribution in [0.5, 0.6) is 0 Å². The molecule has 84 valence electrons. The maximum atomic E-state index is 13.1. The lowest BCUT2D eigenvalue weighted by Crippen LogP contribution is -2.14. The van der Waals surface area contributed by atoms with Gasteiger partial charge in [0.05, 0.1) is 5.56 Å². The molecule has 2 amide bonds. The first-order chi connectivity index (χ1) is 7.54. The molecule has 0 fully saturated rings. The fourth-order valence-corrected chi connectivity index (χ4v) is 1.13. The molecule has 0 atom stereocenters. The van der Waals surface area contributed by atoms with Crippen molar-refractivity contribution >= 4 is 17.5 Å². The minimum atomic E-state index is -0.875. The van der Waals surface area contributed by atoms with E-state index in [4.69, 9.17) is 5.73 Å². The summed E-state index contributed by atoms with van der Waals surface area (Å²) in [6.07, 6.45) is 2.88. The molecule has 0 aliphatic heterocycles. The van der Waals surface area contributed by atoms with Gasteiger partial charge in [0, 0.05) is 5.69 Å². The zero-order valence-corrected chi connectivity index (χ0v) is 8.66. The van der Waals surface area contributed by atoms with Crippen LogP contribution in [-0.4, -0.2) is 11.8 Å². The van der Waals surface area contributed by atoms with Gasteiger partial charge in [-0.1, -0.05) is 6.08 Å². The molecule has 1 aromatic rings. The molecule has 0 bridgehead atoms. The van der Waals surface area contributed by atoms with Gasteiger partial charge >= 0.3 is 0 Å². The molecule has 0 unspecified atom stereocenters. The smallest absolute Gasteiger partial charge is 0.251 e. The topological polar surface area (TPSA) is 72.2 Å². The van der Waals surface area contributed by atoms with Crippen LogP contribution in [0.15, 0.2) is 30.4 Å².